The van der Waals surface area contributed by atoms with Gasteiger partial charge in [-0.2, -0.15) is 13.2 Å². The van der Waals surface area contributed by atoms with Gasteiger partial charge in [0.05, 0.1) is 12.1 Å². The lowest BCUT2D eigenvalue weighted by Gasteiger charge is -2.21. The van der Waals surface area contributed by atoms with Crippen molar-refractivity contribution in [1.82, 2.24) is 4.90 Å². The minimum absolute atomic E-state index is 0.214. The Bertz CT molecular complexity index is 1220. The SMILES string of the molecule is O=C(Nc1ccc2c(c1)C=CN(C(=O)O)C2)c1ccccc1-c1ccc(C(F)(F)F)cc1. The Morgan fingerprint density at radius 2 is 1.69 bits per heavy atom. The molecule has 2 N–H and O–H groups in total. The van der Waals surface area contributed by atoms with E-state index in [1.807, 2.05) is 0 Å². The zero-order valence-corrected chi connectivity index (χ0v) is 16.6. The molecule has 0 saturated carbocycles. The summed E-state index contributed by atoms with van der Waals surface area (Å²) < 4.78 is 38.6. The molecule has 162 valence electrons. The van der Waals surface area contributed by atoms with Crippen molar-refractivity contribution in [2.24, 2.45) is 0 Å². The first-order chi connectivity index (χ1) is 15.2. The van der Waals surface area contributed by atoms with Crippen LogP contribution in [0.2, 0.25) is 0 Å². The average Bonchev–Trinajstić information content (AvgIpc) is 2.78. The second kappa shape index (κ2) is 8.22. The Hall–Kier alpha value is -4.07. The molecule has 1 aliphatic rings. The number of benzene rings is 3. The van der Waals surface area contributed by atoms with E-state index in [1.165, 1.54) is 18.3 Å². The minimum atomic E-state index is -4.43. The van der Waals surface area contributed by atoms with E-state index < -0.39 is 23.7 Å². The molecule has 0 radical (unpaired) electrons. The van der Waals surface area contributed by atoms with E-state index in [9.17, 15) is 22.8 Å². The Balaban J connectivity index is 1.57. The number of fused-ring (bicyclic) bond motifs is 1. The number of rotatable bonds is 3. The monoisotopic (exact) mass is 438 g/mol. The van der Waals surface area contributed by atoms with Gasteiger partial charge in [0.25, 0.3) is 5.91 Å². The molecule has 0 bridgehead atoms. The fraction of sp³-hybridized carbons (Fsp3) is 0.0833. The quantitative estimate of drug-likeness (QED) is 0.520. The van der Waals surface area contributed by atoms with Crippen LogP contribution in [0.25, 0.3) is 17.2 Å². The molecule has 0 fully saturated rings. The van der Waals surface area contributed by atoms with E-state index in [2.05, 4.69) is 5.32 Å². The highest BCUT2D eigenvalue weighted by Gasteiger charge is 2.30. The summed E-state index contributed by atoms with van der Waals surface area (Å²) in [7, 11) is 0. The molecule has 32 heavy (non-hydrogen) atoms. The lowest BCUT2D eigenvalue weighted by molar-refractivity contribution is -0.137. The highest BCUT2D eigenvalue weighted by molar-refractivity contribution is 6.08. The molecule has 2 amide bonds. The molecule has 4 rings (SSSR count). The number of anilines is 1. The van der Waals surface area contributed by atoms with Gasteiger partial charge in [-0.1, -0.05) is 36.4 Å². The van der Waals surface area contributed by atoms with E-state index >= 15 is 0 Å². The standard InChI is InChI=1S/C24H17F3N2O3/c25-24(26,27)18-8-5-15(6-9-18)20-3-1-2-4-21(20)22(30)28-19-10-7-17-14-29(23(31)32)12-11-16(17)13-19/h1-13H,14H2,(H,28,30)(H,31,32). The van der Waals surface area contributed by atoms with Gasteiger partial charge >= 0.3 is 12.3 Å². The second-order valence-corrected chi connectivity index (χ2v) is 7.21. The maximum Gasteiger partial charge on any atom is 0.416 e. The van der Waals surface area contributed by atoms with Gasteiger partial charge in [0.2, 0.25) is 0 Å². The van der Waals surface area contributed by atoms with Crippen molar-refractivity contribution in [1.29, 1.82) is 0 Å². The number of nitrogens with one attached hydrogen (secondary N) is 1. The van der Waals surface area contributed by atoms with Gasteiger partial charge in [0, 0.05) is 17.5 Å². The maximum atomic E-state index is 12.9. The molecule has 3 aromatic rings. The molecule has 0 saturated heterocycles. The average molecular weight is 438 g/mol. The van der Waals surface area contributed by atoms with Gasteiger partial charge in [-0.3, -0.25) is 9.69 Å². The fourth-order valence-corrected chi connectivity index (χ4v) is 3.48. The van der Waals surface area contributed by atoms with E-state index in [0.717, 1.165) is 28.2 Å². The second-order valence-electron chi connectivity index (χ2n) is 7.21. The van der Waals surface area contributed by atoms with Gasteiger partial charge < -0.3 is 10.4 Å². The third-order valence-electron chi connectivity index (χ3n) is 5.12. The van der Waals surface area contributed by atoms with Crippen molar-refractivity contribution in [3.63, 3.8) is 0 Å². The molecule has 0 spiro atoms. The van der Waals surface area contributed by atoms with Crippen LogP contribution < -0.4 is 5.32 Å². The maximum absolute atomic E-state index is 12.9. The predicted molar refractivity (Wildman–Crippen MR) is 114 cm³/mol. The summed E-state index contributed by atoms with van der Waals surface area (Å²) >= 11 is 0. The first-order valence-corrected chi connectivity index (χ1v) is 9.61. The van der Waals surface area contributed by atoms with Crippen LogP contribution in [-0.4, -0.2) is 22.0 Å². The smallest absolute Gasteiger partial charge is 0.416 e. The van der Waals surface area contributed by atoms with E-state index in [0.29, 0.717) is 22.4 Å². The number of halogens is 3. The van der Waals surface area contributed by atoms with Crippen LogP contribution >= 0.6 is 0 Å². The Labute approximate surface area is 181 Å². The fourth-order valence-electron chi connectivity index (χ4n) is 3.48. The normalized spacial score (nSPS) is 12.9. The zero-order valence-electron chi connectivity index (χ0n) is 16.6. The molecule has 1 aliphatic heterocycles. The van der Waals surface area contributed by atoms with Crippen LogP contribution in [0.15, 0.2) is 72.9 Å². The van der Waals surface area contributed by atoms with Crippen molar-refractivity contribution < 1.29 is 27.9 Å². The molecule has 1 heterocycles. The number of carbonyl (C=O) groups excluding carboxylic acids is 1. The number of hydrogen-bond acceptors (Lipinski definition) is 2. The van der Waals surface area contributed by atoms with Crippen molar-refractivity contribution in [3.8, 4) is 11.1 Å². The molecule has 0 atom stereocenters. The number of carbonyl (C=O) groups is 2. The van der Waals surface area contributed by atoms with E-state index in [4.69, 9.17) is 5.11 Å². The molecule has 5 nitrogen and oxygen atoms in total. The molecule has 0 aliphatic carbocycles. The Morgan fingerprint density at radius 3 is 2.38 bits per heavy atom. The van der Waals surface area contributed by atoms with Gasteiger partial charge in [0.15, 0.2) is 0 Å². The van der Waals surface area contributed by atoms with Crippen molar-refractivity contribution >= 4 is 23.8 Å². The van der Waals surface area contributed by atoms with Gasteiger partial charge in [-0.25, -0.2) is 4.79 Å². The molecular weight excluding hydrogens is 421 g/mol. The van der Waals surface area contributed by atoms with Gasteiger partial charge in [-0.15, -0.1) is 0 Å². The zero-order chi connectivity index (χ0) is 22.9. The summed E-state index contributed by atoms with van der Waals surface area (Å²) in [5.74, 6) is -0.410. The summed E-state index contributed by atoms with van der Waals surface area (Å²) in [6.07, 6.45) is -2.38. The molecule has 8 heteroatoms. The molecular formula is C24H17F3N2O3. The molecule has 0 unspecified atom stereocenters. The largest absolute Gasteiger partial charge is 0.465 e. The molecule has 3 aromatic carbocycles. The third kappa shape index (κ3) is 4.34. The van der Waals surface area contributed by atoms with Crippen LogP contribution in [0.4, 0.5) is 23.7 Å². The first-order valence-electron chi connectivity index (χ1n) is 9.61. The lowest BCUT2D eigenvalue weighted by Crippen LogP contribution is -2.25. The Morgan fingerprint density at radius 1 is 0.969 bits per heavy atom. The predicted octanol–water partition coefficient (Wildman–Crippen LogP) is 6.09. The number of nitrogens with zero attached hydrogens (tertiary/aromatic N) is 1. The first kappa shape index (κ1) is 21.2. The topological polar surface area (TPSA) is 69.6 Å². The summed E-state index contributed by atoms with van der Waals surface area (Å²) in [4.78, 5) is 25.2. The number of alkyl halides is 3. The van der Waals surface area contributed by atoms with Gasteiger partial charge in [-0.05, 0) is 58.7 Å². The van der Waals surface area contributed by atoms with Gasteiger partial charge in [0.1, 0.15) is 0 Å². The number of carboxylic acid groups (broad SMARTS) is 1. The van der Waals surface area contributed by atoms with Crippen LogP contribution in [0.3, 0.4) is 0 Å². The van der Waals surface area contributed by atoms with E-state index in [-0.39, 0.29) is 6.54 Å². The Kier molecular flexibility index (Phi) is 5.44. The van der Waals surface area contributed by atoms with Crippen LogP contribution in [0, 0.1) is 0 Å². The summed E-state index contributed by atoms with van der Waals surface area (Å²) in [6.45, 7) is 0.214. The number of hydrogen-bond donors (Lipinski definition) is 2. The minimum Gasteiger partial charge on any atom is -0.465 e. The molecule has 0 aromatic heterocycles. The number of amides is 2. The third-order valence-corrected chi connectivity index (χ3v) is 5.12. The van der Waals surface area contributed by atoms with Crippen molar-refractivity contribution in [3.05, 3.63) is 95.2 Å². The van der Waals surface area contributed by atoms with Crippen LogP contribution in [-0.2, 0) is 12.7 Å². The highest BCUT2D eigenvalue weighted by atomic mass is 19.4. The lowest BCUT2D eigenvalue weighted by atomic mass is 9.98. The van der Waals surface area contributed by atoms with Crippen molar-refractivity contribution in [2.75, 3.05) is 5.32 Å². The highest BCUT2D eigenvalue weighted by Crippen LogP contribution is 2.32. The summed E-state index contributed by atoms with van der Waals surface area (Å²) in [5.41, 5.74) is 2.67. The summed E-state index contributed by atoms with van der Waals surface area (Å²) in [5, 5.41) is 11.9. The summed E-state index contributed by atoms with van der Waals surface area (Å²) in [6, 6.07) is 16.5. The van der Waals surface area contributed by atoms with Crippen molar-refractivity contribution in [2.45, 2.75) is 12.7 Å². The van der Waals surface area contributed by atoms with E-state index in [1.54, 1.807) is 48.5 Å². The van der Waals surface area contributed by atoms with Crippen LogP contribution in [0.1, 0.15) is 27.0 Å². The van der Waals surface area contributed by atoms with Crippen LogP contribution in [0.5, 0.6) is 0 Å².